The number of amides is 2. The highest BCUT2D eigenvalue weighted by atomic mass is 16.2. The Labute approximate surface area is 112 Å². The van der Waals surface area contributed by atoms with E-state index in [0.717, 1.165) is 12.1 Å². The van der Waals surface area contributed by atoms with E-state index in [1.807, 2.05) is 48.5 Å². The molecule has 0 atom stereocenters. The van der Waals surface area contributed by atoms with Crippen LogP contribution in [0.25, 0.3) is 0 Å². The molecule has 0 radical (unpaired) electrons. The van der Waals surface area contributed by atoms with E-state index in [1.165, 1.54) is 5.56 Å². The van der Waals surface area contributed by atoms with Gasteiger partial charge in [-0.2, -0.15) is 0 Å². The fourth-order valence-electron chi connectivity index (χ4n) is 1.70. The zero-order valence-electron chi connectivity index (χ0n) is 10.7. The van der Waals surface area contributed by atoms with Crippen LogP contribution in [0.2, 0.25) is 0 Å². The Balaban J connectivity index is 1.65. The minimum absolute atomic E-state index is 0.165. The number of nitrogens with zero attached hydrogens (tertiary/aromatic N) is 1. The van der Waals surface area contributed by atoms with Crippen molar-refractivity contribution >= 4 is 6.03 Å². The molecule has 0 fully saturated rings. The zero-order chi connectivity index (χ0) is 13.3. The summed E-state index contributed by atoms with van der Waals surface area (Å²) in [4.78, 5) is 15.7. The van der Waals surface area contributed by atoms with Gasteiger partial charge in [-0.3, -0.25) is 4.98 Å². The van der Waals surface area contributed by atoms with Crippen LogP contribution >= 0.6 is 0 Å². The maximum absolute atomic E-state index is 11.6. The fourth-order valence-corrected chi connectivity index (χ4v) is 1.70. The zero-order valence-corrected chi connectivity index (χ0v) is 10.7. The Morgan fingerprint density at radius 2 is 1.79 bits per heavy atom. The van der Waals surface area contributed by atoms with Crippen LogP contribution in [-0.4, -0.2) is 17.6 Å². The molecule has 98 valence electrons. The summed E-state index contributed by atoms with van der Waals surface area (Å²) in [6.45, 7) is 1.07. The van der Waals surface area contributed by atoms with Crippen LogP contribution in [0.4, 0.5) is 4.79 Å². The van der Waals surface area contributed by atoms with E-state index in [9.17, 15) is 4.79 Å². The molecule has 0 aliphatic rings. The summed E-state index contributed by atoms with van der Waals surface area (Å²) in [5.74, 6) is 0. The molecule has 0 saturated heterocycles. The largest absolute Gasteiger partial charge is 0.338 e. The number of benzene rings is 1. The van der Waals surface area contributed by atoms with Crippen LogP contribution in [0, 0.1) is 0 Å². The molecule has 0 spiro atoms. The number of pyridine rings is 1. The number of hydrogen-bond donors (Lipinski definition) is 2. The number of urea groups is 1. The molecule has 2 rings (SSSR count). The average molecular weight is 255 g/mol. The van der Waals surface area contributed by atoms with Gasteiger partial charge in [0, 0.05) is 12.7 Å². The van der Waals surface area contributed by atoms with E-state index in [4.69, 9.17) is 0 Å². The van der Waals surface area contributed by atoms with Crippen LogP contribution in [0.15, 0.2) is 54.7 Å². The minimum Gasteiger partial charge on any atom is -0.338 e. The molecule has 0 aliphatic carbocycles. The third-order valence-corrected chi connectivity index (χ3v) is 2.70. The van der Waals surface area contributed by atoms with Gasteiger partial charge >= 0.3 is 6.03 Å². The van der Waals surface area contributed by atoms with Crippen molar-refractivity contribution in [3.63, 3.8) is 0 Å². The maximum Gasteiger partial charge on any atom is 0.315 e. The fraction of sp³-hybridized carbons (Fsp3) is 0.200. The topological polar surface area (TPSA) is 54.0 Å². The number of nitrogens with one attached hydrogen (secondary N) is 2. The smallest absolute Gasteiger partial charge is 0.315 e. The van der Waals surface area contributed by atoms with Crippen molar-refractivity contribution in [1.82, 2.24) is 15.6 Å². The number of hydrogen-bond acceptors (Lipinski definition) is 2. The highest BCUT2D eigenvalue weighted by Crippen LogP contribution is 1.98. The SMILES string of the molecule is O=C(NCCc1ccccc1)NCc1ccccn1. The second-order valence-corrected chi connectivity index (χ2v) is 4.17. The third kappa shape index (κ3) is 4.79. The van der Waals surface area contributed by atoms with Crippen LogP contribution in [-0.2, 0) is 13.0 Å². The Hall–Kier alpha value is -2.36. The van der Waals surface area contributed by atoms with Gasteiger partial charge in [0.25, 0.3) is 0 Å². The van der Waals surface area contributed by atoms with E-state index in [-0.39, 0.29) is 6.03 Å². The number of rotatable bonds is 5. The minimum atomic E-state index is -0.165. The summed E-state index contributed by atoms with van der Waals surface area (Å²) >= 11 is 0. The van der Waals surface area contributed by atoms with Crippen molar-refractivity contribution in [3.8, 4) is 0 Å². The lowest BCUT2D eigenvalue weighted by Gasteiger charge is -2.07. The molecule has 4 heteroatoms. The highest BCUT2D eigenvalue weighted by molar-refractivity contribution is 5.73. The molecule has 1 aromatic carbocycles. The standard InChI is InChI=1S/C15H17N3O/c19-15(18-12-14-8-4-5-10-16-14)17-11-9-13-6-2-1-3-7-13/h1-8,10H,9,11-12H2,(H2,17,18,19). The van der Waals surface area contributed by atoms with Crippen molar-refractivity contribution in [3.05, 3.63) is 66.0 Å². The van der Waals surface area contributed by atoms with Crippen LogP contribution in [0.5, 0.6) is 0 Å². The van der Waals surface area contributed by atoms with Crippen LogP contribution < -0.4 is 10.6 Å². The summed E-state index contributed by atoms with van der Waals surface area (Å²) in [5.41, 5.74) is 2.06. The lowest BCUT2D eigenvalue weighted by atomic mass is 10.1. The predicted octanol–water partition coefficient (Wildman–Crippen LogP) is 2.12. The summed E-state index contributed by atoms with van der Waals surface area (Å²) in [7, 11) is 0. The van der Waals surface area contributed by atoms with Gasteiger partial charge in [-0.15, -0.1) is 0 Å². The maximum atomic E-state index is 11.6. The molecule has 2 aromatic rings. The summed E-state index contributed by atoms with van der Waals surface area (Å²) in [6, 6.07) is 15.5. The second kappa shape index (κ2) is 7.16. The first-order valence-corrected chi connectivity index (χ1v) is 6.30. The predicted molar refractivity (Wildman–Crippen MR) is 74.6 cm³/mol. The molecule has 2 amide bonds. The number of carbonyl (C=O) groups excluding carboxylic acids is 1. The molecule has 0 unspecified atom stereocenters. The first-order chi connectivity index (χ1) is 9.34. The van der Waals surface area contributed by atoms with Gasteiger partial charge in [-0.25, -0.2) is 4.79 Å². The molecule has 4 nitrogen and oxygen atoms in total. The van der Waals surface area contributed by atoms with Crippen molar-refractivity contribution in [1.29, 1.82) is 0 Å². The van der Waals surface area contributed by atoms with Crippen molar-refractivity contribution in [2.45, 2.75) is 13.0 Å². The monoisotopic (exact) mass is 255 g/mol. The van der Waals surface area contributed by atoms with Crippen molar-refractivity contribution in [2.24, 2.45) is 0 Å². The van der Waals surface area contributed by atoms with Crippen LogP contribution in [0.1, 0.15) is 11.3 Å². The Morgan fingerprint density at radius 1 is 1.00 bits per heavy atom. The summed E-state index contributed by atoms with van der Waals surface area (Å²) < 4.78 is 0. The lowest BCUT2D eigenvalue weighted by molar-refractivity contribution is 0.240. The Morgan fingerprint density at radius 3 is 2.53 bits per heavy atom. The quantitative estimate of drug-likeness (QED) is 0.860. The van der Waals surface area contributed by atoms with Gasteiger partial charge < -0.3 is 10.6 Å². The van der Waals surface area contributed by atoms with E-state index < -0.39 is 0 Å². The van der Waals surface area contributed by atoms with E-state index in [2.05, 4.69) is 15.6 Å². The molecule has 19 heavy (non-hydrogen) atoms. The molecular formula is C15H17N3O. The Bertz CT molecular complexity index is 499. The number of aromatic nitrogens is 1. The molecule has 2 N–H and O–H groups in total. The Kier molecular flexibility index (Phi) is 4.93. The first kappa shape index (κ1) is 13.1. The van der Waals surface area contributed by atoms with Crippen LogP contribution in [0.3, 0.4) is 0 Å². The van der Waals surface area contributed by atoms with Crippen molar-refractivity contribution in [2.75, 3.05) is 6.54 Å². The normalized spacial score (nSPS) is 9.89. The lowest BCUT2D eigenvalue weighted by Crippen LogP contribution is -2.36. The molecule has 0 bridgehead atoms. The van der Waals surface area contributed by atoms with E-state index in [0.29, 0.717) is 13.1 Å². The molecule has 1 heterocycles. The third-order valence-electron chi connectivity index (χ3n) is 2.70. The second-order valence-electron chi connectivity index (χ2n) is 4.17. The van der Waals surface area contributed by atoms with E-state index in [1.54, 1.807) is 6.20 Å². The van der Waals surface area contributed by atoms with Gasteiger partial charge in [-0.05, 0) is 24.1 Å². The van der Waals surface area contributed by atoms with E-state index >= 15 is 0 Å². The highest BCUT2D eigenvalue weighted by Gasteiger charge is 2.00. The molecule has 1 aromatic heterocycles. The first-order valence-electron chi connectivity index (χ1n) is 6.30. The molecular weight excluding hydrogens is 238 g/mol. The van der Waals surface area contributed by atoms with Gasteiger partial charge in [0.1, 0.15) is 0 Å². The molecule has 0 saturated carbocycles. The van der Waals surface area contributed by atoms with Crippen molar-refractivity contribution < 1.29 is 4.79 Å². The number of carbonyl (C=O) groups is 1. The van der Waals surface area contributed by atoms with Gasteiger partial charge in [-0.1, -0.05) is 36.4 Å². The summed E-state index contributed by atoms with van der Waals surface area (Å²) in [5, 5.41) is 5.60. The average Bonchev–Trinajstić information content (AvgIpc) is 2.47. The van der Waals surface area contributed by atoms with Gasteiger partial charge in [0.2, 0.25) is 0 Å². The molecule has 0 aliphatic heterocycles. The summed E-state index contributed by atoms with van der Waals surface area (Å²) in [6.07, 6.45) is 2.54. The van der Waals surface area contributed by atoms with Gasteiger partial charge in [0.05, 0.1) is 12.2 Å². The van der Waals surface area contributed by atoms with Gasteiger partial charge in [0.15, 0.2) is 0 Å².